The molecule has 0 fully saturated rings. The van der Waals surface area contributed by atoms with Gasteiger partial charge in [-0.15, -0.1) is 0 Å². The summed E-state index contributed by atoms with van der Waals surface area (Å²) in [6.45, 7) is 8.33. The van der Waals surface area contributed by atoms with Crippen molar-refractivity contribution in [2.75, 3.05) is 4.90 Å². The summed E-state index contributed by atoms with van der Waals surface area (Å²) in [6.07, 6.45) is 2.17. The Bertz CT molecular complexity index is 535. The summed E-state index contributed by atoms with van der Waals surface area (Å²) < 4.78 is 0. The van der Waals surface area contributed by atoms with Crippen LogP contribution in [-0.4, -0.2) is 10.7 Å². The van der Waals surface area contributed by atoms with E-state index in [1.807, 2.05) is 23.1 Å². The van der Waals surface area contributed by atoms with Crippen LogP contribution in [-0.2, 0) is 0 Å². The second-order valence-corrected chi connectivity index (χ2v) is 6.03. The van der Waals surface area contributed by atoms with Crippen LogP contribution in [0.5, 0.6) is 0 Å². The van der Waals surface area contributed by atoms with Crippen LogP contribution in [0, 0.1) is 6.92 Å². The molecule has 0 radical (unpaired) electrons. The van der Waals surface area contributed by atoms with E-state index in [-0.39, 0.29) is 5.54 Å². The Morgan fingerprint density at radius 2 is 1.94 bits per heavy atom. The minimum Gasteiger partial charge on any atom is -0.354 e. The highest BCUT2D eigenvalue weighted by atomic mass is 35.5. The highest BCUT2D eigenvalue weighted by molar-refractivity contribution is 7.80. The maximum absolute atomic E-state index is 6.08. The first-order valence-electron chi connectivity index (χ1n) is 5.88. The third kappa shape index (κ3) is 2.52. The molecule has 0 saturated carbocycles. The third-order valence-electron chi connectivity index (χ3n) is 2.97. The van der Waals surface area contributed by atoms with E-state index in [2.05, 4.69) is 39.1 Å². The van der Waals surface area contributed by atoms with Crippen LogP contribution in [0.25, 0.3) is 0 Å². The van der Waals surface area contributed by atoms with E-state index >= 15 is 0 Å². The molecule has 4 heteroatoms. The Kier molecular flexibility index (Phi) is 3.39. The zero-order chi connectivity index (χ0) is 13.5. The highest BCUT2D eigenvalue weighted by Gasteiger charge is 2.28. The van der Waals surface area contributed by atoms with Crippen LogP contribution in [0.15, 0.2) is 30.0 Å². The fraction of sp³-hybridized carbons (Fsp3) is 0.357. The van der Waals surface area contributed by atoms with Gasteiger partial charge < -0.3 is 5.32 Å². The van der Waals surface area contributed by atoms with Crippen molar-refractivity contribution in [2.24, 2.45) is 0 Å². The second kappa shape index (κ2) is 4.56. The van der Waals surface area contributed by atoms with E-state index < -0.39 is 0 Å². The van der Waals surface area contributed by atoms with Crippen molar-refractivity contribution in [1.29, 1.82) is 0 Å². The molecule has 0 unspecified atom stereocenters. The van der Waals surface area contributed by atoms with Gasteiger partial charge >= 0.3 is 0 Å². The van der Waals surface area contributed by atoms with Gasteiger partial charge in [0.1, 0.15) is 0 Å². The van der Waals surface area contributed by atoms with Crippen LogP contribution in [0.3, 0.4) is 0 Å². The standard InChI is InChI=1S/C14H17ClN2S/c1-9-5-6-11(15)7-12(9)17-10(2)8-14(3,4)16-13(17)18/h5-8H,1-4H3,(H,16,18). The lowest BCUT2D eigenvalue weighted by Gasteiger charge is -2.38. The molecule has 0 amide bonds. The van der Waals surface area contributed by atoms with Gasteiger partial charge in [-0.2, -0.15) is 0 Å². The number of nitrogens with zero attached hydrogens (tertiary/aromatic N) is 1. The molecule has 2 nitrogen and oxygen atoms in total. The van der Waals surface area contributed by atoms with Crippen molar-refractivity contribution in [3.05, 3.63) is 40.6 Å². The zero-order valence-electron chi connectivity index (χ0n) is 11.0. The van der Waals surface area contributed by atoms with Gasteiger partial charge in [-0.1, -0.05) is 17.7 Å². The predicted molar refractivity (Wildman–Crippen MR) is 82.2 cm³/mol. The van der Waals surface area contributed by atoms with Gasteiger partial charge in [-0.05, 0) is 63.7 Å². The number of halogens is 1. The van der Waals surface area contributed by atoms with Crippen molar-refractivity contribution < 1.29 is 0 Å². The number of nitrogens with one attached hydrogen (secondary N) is 1. The maximum Gasteiger partial charge on any atom is 0.178 e. The van der Waals surface area contributed by atoms with Crippen molar-refractivity contribution in [2.45, 2.75) is 33.2 Å². The van der Waals surface area contributed by atoms with Gasteiger partial charge in [0, 0.05) is 10.7 Å². The van der Waals surface area contributed by atoms with Crippen molar-refractivity contribution >= 4 is 34.6 Å². The summed E-state index contributed by atoms with van der Waals surface area (Å²) in [5.74, 6) is 0. The monoisotopic (exact) mass is 280 g/mol. The predicted octanol–water partition coefficient (Wildman–Crippen LogP) is 4.03. The minimum atomic E-state index is -0.107. The smallest absolute Gasteiger partial charge is 0.178 e. The SMILES string of the molecule is CC1=CC(C)(C)NC(=S)N1c1cc(Cl)ccc1C. The van der Waals surface area contributed by atoms with E-state index in [9.17, 15) is 0 Å². The number of hydrogen-bond acceptors (Lipinski definition) is 1. The number of anilines is 1. The summed E-state index contributed by atoms with van der Waals surface area (Å²) in [7, 11) is 0. The topological polar surface area (TPSA) is 15.3 Å². The Morgan fingerprint density at radius 1 is 1.28 bits per heavy atom. The summed E-state index contributed by atoms with van der Waals surface area (Å²) in [4.78, 5) is 2.03. The number of rotatable bonds is 1. The normalized spacial score (nSPS) is 18.4. The molecule has 0 aromatic heterocycles. The first-order chi connectivity index (χ1) is 8.30. The van der Waals surface area contributed by atoms with Crippen LogP contribution < -0.4 is 10.2 Å². The Labute approximate surface area is 119 Å². The minimum absolute atomic E-state index is 0.107. The quantitative estimate of drug-likeness (QED) is 0.782. The number of hydrogen-bond donors (Lipinski definition) is 1. The second-order valence-electron chi connectivity index (χ2n) is 5.20. The Balaban J connectivity index is 2.51. The summed E-state index contributed by atoms with van der Waals surface area (Å²) in [5, 5.41) is 4.75. The molecule has 1 aliphatic rings. The van der Waals surface area contributed by atoms with E-state index in [0.29, 0.717) is 5.11 Å². The van der Waals surface area contributed by atoms with Crippen molar-refractivity contribution in [3.63, 3.8) is 0 Å². The molecule has 0 spiro atoms. The molecule has 1 heterocycles. The van der Waals surface area contributed by atoms with Gasteiger partial charge in [-0.3, -0.25) is 4.90 Å². The van der Waals surface area contributed by atoms with Gasteiger partial charge in [0.25, 0.3) is 0 Å². The molecule has 18 heavy (non-hydrogen) atoms. The molecule has 1 aliphatic heterocycles. The van der Waals surface area contributed by atoms with Gasteiger partial charge in [0.15, 0.2) is 5.11 Å². The first-order valence-corrected chi connectivity index (χ1v) is 6.67. The maximum atomic E-state index is 6.08. The number of benzene rings is 1. The number of aryl methyl sites for hydroxylation is 1. The molecule has 0 saturated heterocycles. The first kappa shape index (κ1) is 13.4. The van der Waals surface area contributed by atoms with Crippen LogP contribution in [0.4, 0.5) is 5.69 Å². The molecular weight excluding hydrogens is 264 g/mol. The summed E-state index contributed by atoms with van der Waals surface area (Å²) in [5.41, 5.74) is 3.19. The van der Waals surface area contributed by atoms with Gasteiger partial charge in [-0.25, -0.2) is 0 Å². The summed E-state index contributed by atoms with van der Waals surface area (Å²) in [6, 6.07) is 5.84. The molecular formula is C14H17ClN2S. The molecule has 2 rings (SSSR count). The third-order valence-corrected chi connectivity index (χ3v) is 3.49. The van der Waals surface area contributed by atoms with Crippen molar-refractivity contribution in [3.8, 4) is 0 Å². The molecule has 0 atom stereocenters. The number of thiocarbonyl (C=S) groups is 1. The average molecular weight is 281 g/mol. The van der Waals surface area contributed by atoms with E-state index in [4.69, 9.17) is 23.8 Å². The summed E-state index contributed by atoms with van der Waals surface area (Å²) >= 11 is 11.5. The zero-order valence-corrected chi connectivity index (χ0v) is 12.6. The van der Waals surface area contributed by atoms with Gasteiger partial charge in [0.05, 0.1) is 11.2 Å². The van der Waals surface area contributed by atoms with Gasteiger partial charge in [0.2, 0.25) is 0 Å². The van der Waals surface area contributed by atoms with Crippen molar-refractivity contribution in [1.82, 2.24) is 5.32 Å². The van der Waals surface area contributed by atoms with E-state index in [1.54, 1.807) is 0 Å². The highest BCUT2D eigenvalue weighted by Crippen LogP contribution is 2.30. The average Bonchev–Trinajstić information content (AvgIpc) is 2.20. The van der Waals surface area contributed by atoms with E-state index in [1.165, 1.54) is 0 Å². The van der Waals surface area contributed by atoms with E-state index in [0.717, 1.165) is 22.0 Å². The lowest BCUT2D eigenvalue weighted by Crippen LogP contribution is -2.53. The molecule has 1 aromatic rings. The molecule has 0 bridgehead atoms. The lowest BCUT2D eigenvalue weighted by molar-refractivity contribution is 0.559. The lowest BCUT2D eigenvalue weighted by atomic mass is 10.0. The Morgan fingerprint density at radius 3 is 2.56 bits per heavy atom. The van der Waals surface area contributed by atoms with Crippen LogP contribution >= 0.6 is 23.8 Å². The number of allylic oxidation sites excluding steroid dienone is 1. The molecule has 96 valence electrons. The van der Waals surface area contributed by atoms with Crippen LogP contribution in [0.1, 0.15) is 26.3 Å². The fourth-order valence-corrected chi connectivity index (χ4v) is 2.91. The van der Waals surface area contributed by atoms with Crippen LogP contribution in [0.2, 0.25) is 5.02 Å². The molecule has 1 N–H and O–H groups in total. The molecule has 0 aliphatic carbocycles. The fourth-order valence-electron chi connectivity index (χ4n) is 2.24. The molecule has 1 aromatic carbocycles. The largest absolute Gasteiger partial charge is 0.354 e. The Hall–Kier alpha value is -1.06.